The number of benzene rings is 1. The Bertz CT molecular complexity index is 602. The zero-order valence-corrected chi connectivity index (χ0v) is 13.3. The van der Waals surface area contributed by atoms with Crippen molar-refractivity contribution in [1.29, 1.82) is 0 Å². The first-order chi connectivity index (χ1) is 10.3. The van der Waals surface area contributed by atoms with Crippen LogP contribution in [0, 0.1) is 11.8 Å². The average molecular weight is 285 g/mol. The summed E-state index contributed by atoms with van der Waals surface area (Å²) in [6.45, 7) is 6.27. The van der Waals surface area contributed by atoms with E-state index >= 15 is 0 Å². The molecule has 3 nitrogen and oxygen atoms in total. The first-order valence-electron chi connectivity index (χ1n) is 8.41. The van der Waals surface area contributed by atoms with Crippen molar-refractivity contribution >= 4 is 11.0 Å². The van der Waals surface area contributed by atoms with Crippen LogP contribution < -0.4 is 5.73 Å². The molecule has 1 heterocycles. The second-order valence-corrected chi connectivity index (χ2v) is 6.47. The van der Waals surface area contributed by atoms with Gasteiger partial charge in [0.15, 0.2) is 0 Å². The van der Waals surface area contributed by atoms with Gasteiger partial charge in [-0.05, 0) is 37.3 Å². The van der Waals surface area contributed by atoms with Crippen LogP contribution in [0.5, 0.6) is 0 Å². The number of rotatable bonds is 4. The van der Waals surface area contributed by atoms with E-state index in [1.807, 2.05) is 0 Å². The van der Waals surface area contributed by atoms with Gasteiger partial charge in [0.05, 0.1) is 11.0 Å². The number of hydrogen-bond donors (Lipinski definition) is 1. The van der Waals surface area contributed by atoms with Gasteiger partial charge in [0, 0.05) is 19.0 Å². The van der Waals surface area contributed by atoms with Crippen molar-refractivity contribution in [2.24, 2.45) is 17.6 Å². The van der Waals surface area contributed by atoms with Gasteiger partial charge in [-0.2, -0.15) is 0 Å². The van der Waals surface area contributed by atoms with E-state index in [2.05, 4.69) is 42.7 Å². The van der Waals surface area contributed by atoms with Gasteiger partial charge in [0.1, 0.15) is 5.82 Å². The fourth-order valence-corrected chi connectivity index (χ4v) is 4.12. The Hall–Kier alpha value is -1.35. The summed E-state index contributed by atoms with van der Waals surface area (Å²) in [7, 11) is 0. The van der Waals surface area contributed by atoms with Crippen LogP contribution in [-0.2, 0) is 6.54 Å². The molecule has 1 aromatic carbocycles. The molecule has 1 saturated carbocycles. The molecule has 1 aliphatic carbocycles. The van der Waals surface area contributed by atoms with Crippen LogP contribution in [0.25, 0.3) is 11.0 Å². The molecule has 114 valence electrons. The Morgan fingerprint density at radius 3 is 2.76 bits per heavy atom. The number of fused-ring (bicyclic) bond motifs is 1. The summed E-state index contributed by atoms with van der Waals surface area (Å²) in [6.07, 6.45) is 5.36. The Labute approximate surface area is 127 Å². The molecule has 21 heavy (non-hydrogen) atoms. The van der Waals surface area contributed by atoms with Crippen LogP contribution in [0.2, 0.25) is 0 Å². The first-order valence-corrected chi connectivity index (χ1v) is 8.41. The predicted octanol–water partition coefficient (Wildman–Crippen LogP) is 3.92. The van der Waals surface area contributed by atoms with Crippen LogP contribution in [0.1, 0.15) is 51.3 Å². The maximum Gasteiger partial charge on any atom is 0.114 e. The van der Waals surface area contributed by atoms with E-state index < -0.39 is 0 Å². The highest BCUT2D eigenvalue weighted by Crippen LogP contribution is 2.39. The van der Waals surface area contributed by atoms with Crippen LogP contribution in [0.4, 0.5) is 0 Å². The highest BCUT2D eigenvalue weighted by atomic mass is 15.1. The third kappa shape index (κ3) is 2.59. The Kier molecular flexibility index (Phi) is 4.29. The standard InChI is InChI=1S/C18H27N3/c1-3-21-17-11-7-6-10-16(17)20-18(21)15(12-19)14-9-5-4-8-13(14)2/h6-7,10-11,13-15H,3-5,8-9,12,19H2,1-2H3. The van der Waals surface area contributed by atoms with Gasteiger partial charge >= 0.3 is 0 Å². The number of nitrogens with two attached hydrogens (primary N) is 1. The van der Waals surface area contributed by atoms with E-state index in [4.69, 9.17) is 10.7 Å². The van der Waals surface area contributed by atoms with E-state index in [1.165, 1.54) is 37.0 Å². The number of aromatic nitrogens is 2. The number of imidazole rings is 1. The lowest BCUT2D eigenvalue weighted by Crippen LogP contribution is -2.30. The SMILES string of the molecule is CCn1c(C(CN)C2CCCCC2C)nc2ccccc21. The lowest BCUT2D eigenvalue weighted by Gasteiger charge is -2.34. The summed E-state index contributed by atoms with van der Waals surface area (Å²) >= 11 is 0. The van der Waals surface area contributed by atoms with E-state index in [-0.39, 0.29) is 0 Å². The summed E-state index contributed by atoms with van der Waals surface area (Å²) in [5, 5.41) is 0. The largest absolute Gasteiger partial charge is 0.330 e. The lowest BCUT2D eigenvalue weighted by atomic mass is 9.73. The van der Waals surface area contributed by atoms with Crippen molar-refractivity contribution in [3.05, 3.63) is 30.1 Å². The predicted molar refractivity (Wildman–Crippen MR) is 88.3 cm³/mol. The van der Waals surface area contributed by atoms with E-state index in [0.29, 0.717) is 18.4 Å². The molecular weight excluding hydrogens is 258 g/mol. The van der Waals surface area contributed by atoms with Gasteiger partial charge in [-0.15, -0.1) is 0 Å². The molecule has 1 fully saturated rings. The molecule has 0 amide bonds. The van der Waals surface area contributed by atoms with Gasteiger partial charge in [-0.3, -0.25) is 0 Å². The highest BCUT2D eigenvalue weighted by molar-refractivity contribution is 5.76. The number of para-hydroxylation sites is 2. The fourth-order valence-electron chi connectivity index (χ4n) is 4.12. The quantitative estimate of drug-likeness (QED) is 0.925. The minimum Gasteiger partial charge on any atom is -0.330 e. The first kappa shape index (κ1) is 14.6. The summed E-state index contributed by atoms with van der Waals surface area (Å²) in [4.78, 5) is 4.95. The van der Waals surface area contributed by atoms with E-state index in [0.717, 1.165) is 18.0 Å². The van der Waals surface area contributed by atoms with Crippen molar-refractivity contribution in [2.75, 3.05) is 6.54 Å². The van der Waals surface area contributed by atoms with Crippen molar-refractivity contribution in [3.8, 4) is 0 Å². The third-order valence-corrected chi connectivity index (χ3v) is 5.28. The molecule has 0 bridgehead atoms. The summed E-state index contributed by atoms with van der Waals surface area (Å²) < 4.78 is 2.37. The fraction of sp³-hybridized carbons (Fsp3) is 0.611. The van der Waals surface area contributed by atoms with Crippen LogP contribution in [0.3, 0.4) is 0 Å². The third-order valence-electron chi connectivity index (χ3n) is 5.28. The molecule has 1 aliphatic rings. The zero-order chi connectivity index (χ0) is 14.8. The molecular formula is C18H27N3. The Balaban J connectivity index is 2.03. The molecule has 3 heteroatoms. The van der Waals surface area contributed by atoms with Crippen molar-refractivity contribution in [3.63, 3.8) is 0 Å². The Morgan fingerprint density at radius 1 is 1.29 bits per heavy atom. The molecule has 0 aliphatic heterocycles. The molecule has 0 radical (unpaired) electrons. The number of nitrogens with zero attached hydrogens (tertiary/aromatic N) is 2. The molecule has 3 unspecified atom stereocenters. The topological polar surface area (TPSA) is 43.8 Å². The van der Waals surface area contributed by atoms with Gasteiger partial charge < -0.3 is 10.3 Å². The molecule has 0 saturated heterocycles. The van der Waals surface area contributed by atoms with E-state index in [1.54, 1.807) is 0 Å². The minimum atomic E-state index is 0.396. The molecule has 2 aromatic rings. The Morgan fingerprint density at radius 2 is 2.05 bits per heavy atom. The molecule has 0 spiro atoms. The number of aryl methyl sites for hydroxylation is 1. The maximum atomic E-state index is 6.19. The van der Waals surface area contributed by atoms with Crippen LogP contribution >= 0.6 is 0 Å². The van der Waals surface area contributed by atoms with Crippen molar-refractivity contribution < 1.29 is 0 Å². The summed E-state index contributed by atoms with van der Waals surface area (Å²) in [6, 6.07) is 8.45. The molecule has 1 aromatic heterocycles. The van der Waals surface area contributed by atoms with E-state index in [9.17, 15) is 0 Å². The van der Waals surface area contributed by atoms with Gasteiger partial charge in [-0.1, -0.05) is 38.3 Å². The van der Waals surface area contributed by atoms with Crippen LogP contribution in [-0.4, -0.2) is 16.1 Å². The minimum absolute atomic E-state index is 0.396. The second-order valence-electron chi connectivity index (χ2n) is 6.47. The van der Waals surface area contributed by atoms with Gasteiger partial charge in [0.25, 0.3) is 0 Å². The smallest absolute Gasteiger partial charge is 0.114 e. The summed E-state index contributed by atoms with van der Waals surface area (Å²) in [5.41, 5.74) is 8.54. The van der Waals surface area contributed by atoms with Crippen molar-refractivity contribution in [2.45, 2.75) is 52.0 Å². The monoisotopic (exact) mass is 285 g/mol. The molecule has 3 atom stereocenters. The maximum absolute atomic E-state index is 6.19. The second kappa shape index (κ2) is 6.18. The van der Waals surface area contributed by atoms with Crippen molar-refractivity contribution in [1.82, 2.24) is 9.55 Å². The summed E-state index contributed by atoms with van der Waals surface area (Å²) in [5.74, 6) is 3.05. The number of hydrogen-bond acceptors (Lipinski definition) is 2. The molecule has 3 rings (SSSR count). The molecule has 2 N–H and O–H groups in total. The van der Waals surface area contributed by atoms with Crippen LogP contribution in [0.15, 0.2) is 24.3 Å². The zero-order valence-electron chi connectivity index (χ0n) is 13.3. The van der Waals surface area contributed by atoms with Gasteiger partial charge in [-0.25, -0.2) is 4.98 Å². The highest BCUT2D eigenvalue weighted by Gasteiger charge is 2.32. The lowest BCUT2D eigenvalue weighted by molar-refractivity contribution is 0.212. The normalized spacial score (nSPS) is 24.3. The van der Waals surface area contributed by atoms with Gasteiger partial charge in [0.2, 0.25) is 0 Å². The average Bonchev–Trinajstić information content (AvgIpc) is 2.88.